The summed E-state index contributed by atoms with van der Waals surface area (Å²) in [5.74, 6) is 2.72. The summed E-state index contributed by atoms with van der Waals surface area (Å²) in [6.45, 7) is 0.198. The van der Waals surface area contributed by atoms with Crippen LogP contribution in [0.4, 0.5) is 16.2 Å². The van der Waals surface area contributed by atoms with Gasteiger partial charge in [-0.1, -0.05) is 6.42 Å². The van der Waals surface area contributed by atoms with E-state index in [0.717, 1.165) is 18.7 Å². The number of carbonyl (C=O) groups excluding carboxylic acids is 1. The van der Waals surface area contributed by atoms with Gasteiger partial charge in [-0.15, -0.1) is 10.2 Å². The Morgan fingerprint density at radius 1 is 1.12 bits per heavy atom. The molecule has 0 unspecified atom stereocenters. The molecule has 2 N–H and O–H groups in total. The zero-order chi connectivity index (χ0) is 17.5. The molecule has 1 aromatic carbocycles. The minimum absolute atomic E-state index is 0.198. The van der Waals surface area contributed by atoms with Crippen molar-refractivity contribution in [3.8, 4) is 11.5 Å². The van der Waals surface area contributed by atoms with Crippen LogP contribution in [-0.4, -0.2) is 27.4 Å². The Hall–Kier alpha value is -3.29. The first-order valence-corrected chi connectivity index (χ1v) is 8.59. The molecule has 0 spiro atoms. The van der Waals surface area contributed by atoms with Crippen LogP contribution in [0.15, 0.2) is 36.5 Å². The Bertz CT molecular complexity index is 996. The lowest BCUT2D eigenvalue weighted by atomic mass is 9.85. The highest BCUT2D eigenvalue weighted by atomic mass is 16.7. The minimum atomic E-state index is -0.356. The molecule has 0 saturated heterocycles. The SMILES string of the molecule is O=C(Nc1ccc2c(c1)OCO2)Nc1cccn2c(C3CCC3)nnc12. The highest BCUT2D eigenvalue weighted by Gasteiger charge is 2.25. The normalized spacial score (nSPS) is 15.7. The van der Waals surface area contributed by atoms with Gasteiger partial charge in [0.25, 0.3) is 0 Å². The van der Waals surface area contributed by atoms with Crippen LogP contribution >= 0.6 is 0 Å². The first-order chi connectivity index (χ1) is 12.8. The van der Waals surface area contributed by atoms with Crippen LogP contribution in [0.1, 0.15) is 31.0 Å². The number of nitrogens with zero attached hydrogens (tertiary/aromatic N) is 3. The van der Waals surface area contributed by atoms with Gasteiger partial charge in [0.15, 0.2) is 17.1 Å². The molecule has 1 aliphatic heterocycles. The second kappa shape index (κ2) is 5.91. The van der Waals surface area contributed by atoms with Crippen molar-refractivity contribution in [2.24, 2.45) is 0 Å². The Labute approximate surface area is 149 Å². The first-order valence-electron chi connectivity index (χ1n) is 8.59. The lowest BCUT2D eigenvalue weighted by molar-refractivity contribution is 0.174. The quantitative estimate of drug-likeness (QED) is 0.755. The standard InChI is InChI=1S/C18H17N5O3/c24-18(19-12-6-7-14-15(9-12)26-10-25-14)20-13-5-2-8-23-16(11-3-1-4-11)21-22-17(13)23/h2,5-9,11H,1,3-4,10H2,(H2,19,20,24). The number of nitrogens with one attached hydrogen (secondary N) is 2. The summed E-state index contributed by atoms with van der Waals surface area (Å²) in [4.78, 5) is 12.4. The van der Waals surface area contributed by atoms with Crippen molar-refractivity contribution in [3.63, 3.8) is 0 Å². The van der Waals surface area contributed by atoms with E-state index in [4.69, 9.17) is 9.47 Å². The fourth-order valence-electron chi connectivity index (χ4n) is 3.24. The van der Waals surface area contributed by atoms with E-state index in [9.17, 15) is 4.79 Å². The zero-order valence-corrected chi connectivity index (χ0v) is 13.9. The molecule has 1 fully saturated rings. The molecule has 2 aliphatic rings. The topological polar surface area (TPSA) is 89.8 Å². The molecule has 2 amide bonds. The summed E-state index contributed by atoms with van der Waals surface area (Å²) in [5, 5.41) is 14.2. The maximum Gasteiger partial charge on any atom is 0.323 e. The van der Waals surface area contributed by atoms with Crippen LogP contribution in [0.3, 0.4) is 0 Å². The Kier molecular flexibility index (Phi) is 3.41. The van der Waals surface area contributed by atoms with Gasteiger partial charge in [-0.3, -0.25) is 4.40 Å². The van der Waals surface area contributed by atoms with Crippen LogP contribution in [0.5, 0.6) is 11.5 Å². The number of urea groups is 1. The van der Waals surface area contributed by atoms with E-state index in [0.29, 0.717) is 34.4 Å². The van der Waals surface area contributed by atoms with Gasteiger partial charge in [0.1, 0.15) is 5.82 Å². The summed E-state index contributed by atoms with van der Waals surface area (Å²) in [6.07, 6.45) is 5.45. The van der Waals surface area contributed by atoms with Gasteiger partial charge < -0.3 is 20.1 Å². The maximum absolute atomic E-state index is 12.4. The Balaban J connectivity index is 1.35. The van der Waals surface area contributed by atoms with Crippen LogP contribution in [-0.2, 0) is 0 Å². The number of carbonyl (C=O) groups is 1. The lowest BCUT2D eigenvalue weighted by Gasteiger charge is -2.23. The molecule has 26 heavy (non-hydrogen) atoms. The second-order valence-corrected chi connectivity index (χ2v) is 6.45. The third-order valence-electron chi connectivity index (χ3n) is 4.81. The Morgan fingerprint density at radius 3 is 2.85 bits per heavy atom. The summed E-state index contributed by atoms with van der Waals surface area (Å²) in [7, 11) is 0. The molecule has 1 saturated carbocycles. The van der Waals surface area contributed by atoms with Gasteiger partial charge in [0.05, 0.1) is 5.69 Å². The van der Waals surface area contributed by atoms with Crippen molar-refractivity contribution in [2.45, 2.75) is 25.2 Å². The smallest absolute Gasteiger partial charge is 0.323 e. The molecular formula is C18H17N5O3. The second-order valence-electron chi connectivity index (χ2n) is 6.45. The van der Waals surface area contributed by atoms with Gasteiger partial charge in [-0.2, -0.15) is 0 Å². The lowest BCUT2D eigenvalue weighted by Crippen LogP contribution is -2.20. The van der Waals surface area contributed by atoms with E-state index >= 15 is 0 Å². The van der Waals surface area contributed by atoms with E-state index in [-0.39, 0.29) is 12.8 Å². The van der Waals surface area contributed by atoms with Crippen LogP contribution in [0.25, 0.3) is 5.65 Å². The molecule has 3 aromatic rings. The van der Waals surface area contributed by atoms with Crippen LogP contribution in [0, 0.1) is 0 Å². The van der Waals surface area contributed by atoms with Crippen molar-refractivity contribution >= 4 is 23.1 Å². The number of hydrogen-bond acceptors (Lipinski definition) is 5. The third-order valence-corrected chi connectivity index (χ3v) is 4.81. The van der Waals surface area contributed by atoms with Gasteiger partial charge in [-0.05, 0) is 37.1 Å². The van der Waals surface area contributed by atoms with E-state index in [1.54, 1.807) is 18.2 Å². The summed E-state index contributed by atoms with van der Waals surface area (Å²) < 4.78 is 12.5. The van der Waals surface area contributed by atoms with Crippen molar-refractivity contribution in [3.05, 3.63) is 42.4 Å². The molecule has 2 aromatic heterocycles. The van der Waals surface area contributed by atoms with Crippen molar-refractivity contribution < 1.29 is 14.3 Å². The predicted octanol–water partition coefficient (Wildman–Crippen LogP) is 3.37. The van der Waals surface area contributed by atoms with E-state index in [2.05, 4.69) is 20.8 Å². The van der Waals surface area contributed by atoms with E-state index in [1.165, 1.54) is 6.42 Å². The monoisotopic (exact) mass is 351 g/mol. The average Bonchev–Trinajstić information content (AvgIpc) is 3.21. The largest absolute Gasteiger partial charge is 0.454 e. The predicted molar refractivity (Wildman–Crippen MR) is 94.8 cm³/mol. The summed E-state index contributed by atoms with van der Waals surface area (Å²) in [6, 6.07) is 8.60. The number of ether oxygens (including phenoxy) is 2. The molecule has 132 valence electrons. The number of pyridine rings is 1. The summed E-state index contributed by atoms with van der Waals surface area (Å²) in [5.41, 5.74) is 1.88. The molecule has 1 aliphatic carbocycles. The number of fused-ring (bicyclic) bond motifs is 2. The van der Waals surface area contributed by atoms with Gasteiger partial charge in [-0.25, -0.2) is 4.79 Å². The number of anilines is 2. The van der Waals surface area contributed by atoms with Crippen LogP contribution in [0.2, 0.25) is 0 Å². The van der Waals surface area contributed by atoms with E-state index in [1.807, 2.05) is 22.7 Å². The van der Waals surface area contributed by atoms with E-state index < -0.39 is 0 Å². The molecule has 3 heterocycles. The Morgan fingerprint density at radius 2 is 2.00 bits per heavy atom. The number of aromatic nitrogens is 3. The fraction of sp³-hybridized carbons (Fsp3) is 0.278. The van der Waals surface area contributed by atoms with Gasteiger partial charge in [0, 0.05) is 23.9 Å². The molecule has 8 heteroatoms. The fourth-order valence-corrected chi connectivity index (χ4v) is 3.24. The van der Waals surface area contributed by atoms with Gasteiger partial charge in [0.2, 0.25) is 6.79 Å². The van der Waals surface area contributed by atoms with Crippen molar-refractivity contribution in [1.29, 1.82) is 0 Å². The van der Waals surface area contributed by atoms with Gasteiger partial charge >= 0.3 is 6.03 Å². The molecule has 0 atom stereocenters. The molecule has 0 bridgehead atoms. The number of amides is 2. The third kappa shape index (κ3) is 2.50. The van der Waals surface area contributed by atoms with Crippen molar-refractivity contribution in [1.82, 2.24) is 14.6 Å². The molecule has 8 nitrogen and oxygen atoms in total. The zero-order valence-electron chi connectivity index (χ0n) is 13.9. The minimum Gasteiger partial charge on any atom is -0.454 e. The number of benzene rings is 1. The molecule has 0 radical (unpaired) electrons. The number of hydrogen-bond donors (Lipinski definition) is 2. The maximum atomic E-state index is 12.4. The van der Waals surface area contributed by atoms with Crippen LogP contribution < -0.4 is 20.1 Å². The van der Waals surface area contributed by atoms with Crippen molar-refractivity contribution in [2.75, 3.05) is 17.4 Å². The average molecular weight is 351 g/mol. The highest BCUT2D eigenvalue weighted by molar-refractivity contribution is 6.02. The molecule has 5 rings (SSSR count). The number of rotatable bonds is 3. The first kappa shape index (κ1) is 15.0. The summed E-state index contributed by atoms with van der Waals surface area (Å²) >= 11 is 0. The molecular weight excluding hydrogens is 334 g/mol. The highest BCUT2D eigenvalue weighted by Crippen LogP contribution is 2.36.